The highest BCUT2D eigenvalue weighted by Gasteiger charge is 2.20. The monoisotopic (exact) mass is 464 g/mol. The number of thiazole rings is 1. The molecule has 3 aromatic rings. The van der Waals surface area contributed by atoms with Gasteiger partial charge in [-0.25, -0.2) is 9.97 Å². The van der Waals surface area contributed by atoms with Crippen molar-refractivity contribution in [2.75, 3.05) is 17.7 Å². The Kier molecular flexibility index (Phi) is 6.49. The summed E-state index contributed by atoms with van der Waals surface area (Å²) in [5.74, 6) is -0.519. The molecule has 2 N–H and O–H groups in total. The van der Waals surface area contributed by atoms with Gasteiger partial charge in [0, 0.05) is 10.3 Å². The molecule has 0 bridgehead atoms. The molecule has 1 aliphatic carbocycles. The lowest BCUT2D eigenvalue weighted by Crippen LogP contribution is -2.16. The number of aromatic amines is 1. The predicted octanol–water partition coefficient (Wildman–Crippen LogP) is 3.16. The third kappa shape index (κ3) is 4.73. The number of esters is 1. The van der Waals surface area contributed by atoms with Gasteiger partial charge in [0.15, 0.2) is 10.3 Å². The number of carbonyl (C=O) groups is 2. The molecule has 0 saturated heterocycles. The number of hydrogen-bond acceptors (Lipinski definition) is 9. The number of H-pyrrole nitrogens is 1. The van der Waals surface area contributed by atoms with Crippen LogP contribution in [-0.4, -0.2) is 39.2 Å². The maximum atomic E-state index is 12.6. The number of ether oxygens (including phenoxy) is 1. The largest absolute Gasteiger partial charge is 0.466 e. The van der Waals surface area contributed by atoms with Gasteiger partial charge < -0.3 is 15.0 Å². The van der Waals surface area contributed by atoms with E-state index in [4.69, 9.17) is 4.74 Å². The van der Waals surface area contributed by atoms with Crippen LogP contribution in [0.5, 0.6) is 0 Å². The number of nitrogens with one attached hydrogen (secondary N) is 2. The Labute approximate surface area is 184 Å². The maximum Gasteiger partial charge on any atom is 0.311 e. The normalized spacial score (nSPS) is 13.2. The van der Waals surface area contributed by atoms with Gasteiger partial charge in [-0.3, -0.25) is 14.4 Å². The average Bonchev–Trinajstić information content (AvgIpc) is 3.30. The standard InChI is InChI=1S/C19H20N4O4S3/c1-2-27-14(25)7-10-8-28-18(20-10)21-13(24)9-29-19-22-16(26)15-11-5-3-4-6-12(11)30-17(15)23-19/h8H,2-7,9H2,1H3,(H,20,21,24)(H,22,23,26). The minimum absolute atomic E-state index is 0.0743. The molecule has 4 rings (SSSR count). The number of aromatic nitrogens is 3. The molecule has 0 aromatic carbocycles. The zero-order chi connectivity index (χ0) is 21.1. The number of thioether (sulfide) groups is 1. The Hall–Kier alpha value is -2.24. The molecule has 1 aliphatic rings. The Morgan fingerprint density at radius 2 is 2.13 bits per heavy atom. The second kappa shape index (κ2) is 9.27. The van der Waals surface area contributed by atoms with Crippen molar-refractivity contribution in [3.05, 3.63) is 31.9 Å². The van der Waals surface area contributed by atoms with Crippen molar-refractivity contribution >= 4 is 61.7 Å². The van der Waals surface area contributed by atoms with Gasteiger partial charge in [0.1, 0.15) is 4.83 Å². The van der Waals surface area contributed by atoms with E-state index in [0.717, 1.165) is 36.1 Å². The molecule has 11 heteroatoms. The molecule has 3 heterocycles. The average molecular weight is 465 g/mol. The summed E-state index contributed by atoms with van der Waals surface area (Å²) in [7, 11) is 0. The number of rotatable bonds is 7. The van der Waals surface area contributed by atoms with Crippen LogP contribution in [0.1, 0.15) is 35.9 Å². The molecule has 0 spiro atoms. The van der Waals surface area contributed by atoms with Crippen molar-refractivity contribution in [1.29, 1.82) is 0 Å². The molecule has 0 fully saturated rings. The van der Waals surface area contributed by atoms with E-state index in [-0.39, 0.29) is 29.6 Å². The van der Waals surface area contributed by atoms with E-state index in [1.165, 1.54) is 28.0 Å². The van der Waals surface area contributed by atoms with Crippen LogP contribution in [0.15, 0.2) is 15.3 Å². The predicted molar refractivity (Wildman–Crippen MR) is 119 cm³/mol. The molecule has 0 radical (unpaired) electrons. The number of anilines is 1. The summed E-state index contributed by atoms with van der Waals surface area (Å²) >= 11 is 4.01. The highest BCUT2D eigenvalue weighted by Crippen LogP contribution is 2.34. The minimum Gasteiger partial charge on any atom is -0.466 e. The second-order valence-electron chi connectivity index (χ2n) is 6.72. The molecule has 0 atom stereocenters. The molecule has 0 saturated carbocycles. The number of hydrogen-bond donors (Lipinski definition) is 2. The van der Waals surface area contributed by atoms with Gasteiger partial charge in [0.2, 0.25) is 5.91 Å². The van der Waals surface area contributed by atoms with E-state index in [0.29, 0.717) is 28.0 Å². The first kappa shape index (κ1) is 21.0. The molecular formula is C19H20N4O4S3. The maximum absolute atomic E-state index is 12.6. The zero-order valence-corrected chi connectivity index (χ0v) is 18.7. The van der Waals surface area contributed by atoms with E-state index in [2.05, 4.69) is 20.3 Å². The molecule has 1 amide bonds. The van der Waals surface area contributed by atoms with Gasteiger partial charge in [-0.2, -0.15) is 0 Å². The Bertz CT molecular complexity index is 1150. The molecule has 30 heavy (non-hydrogen) atoms. The number of amides is 1. The quantitative estimate of drug-likeness (QED) is 0.314. The minimum atomic E-state index is -0.350. The van der Waals surface area contributed by atoms with Gasteiger partial charge in [-0.05, 0) is 38.2 Å². The molecule has 8 nitrogen and oxygen atoms in total. The van der Waals surface area contributed by atoms with E-state index >= 15 is 0 Å². The molecular weight excluding hydrogens is 444 g/mol. The van der Waals surface area contributed by atoms with Crippen molar-refractivity contribution in [2.24, 2.45) is 0 Å². The van der Waals surface area contributed by atoms with Crippen molar-refractivity contribution in [1.82, 2.24) is 15.0 Å². The fraction of sp³-hybridized carbons (Fsp3) is 0.421. The fourth-order valence-corrected chi connectivity index (χ4v) is 6.01. The van der Waals surface area contributed by atoms with E-state index in [1.54, 1.807) is 23.6 Å². The van der Waals surface area contributed by atoms with Crippen LogP contribution in [-0.2, 0) is 33.6 Å². The van der Waals surface area contributed by atoms with E-state index in [1.807, 2.05) is 0 Å². The fourth-order valence-electron chi connectivity index (χ4n) is 3.31. The van der Waals surface area contributed by atoms with Gasteiger partial charge in [0.25, 0.3) is 5.56 Å². The summed E-state index contributed by atoms with van der Waals surface area (Å²) < 4.78 is 4.89. The molecule has 0 aliphatic heterocycles. The van der Waals surface area contributed by atoms with Crippen LogP contribution in [0.3, 0.4) is 0 Å². The summed E-state index contributed by atoms with van der Waals surface area (Å²) in [5, 5.41) is 5.98. The van der Waals surface area contributed by atoms with Crippen LogP contribution in [0.4, 0.5) is 5.13 Å². The first-order valence-electron chi connectivity index (χ1n) is 9.60. The first-order valence-corrected chi connectivity index (χ1v) is 12.3. The Morgan fingerprint density at radius 3 is 2.97 bits per heavy atom. The van der Waals surface area contributed by atoms with Crippen LogP contribution in [0, 0.1) is 0 Å². The number of thiophene rings is 1. The summed E-state index contributed by atoms with van der Waals surface area (Å²) in [5.41, 5.74) is 1.57. The Balaban J connectivity index is 1.37. The molecule has 0 unspecified atom stereocenters. The smallest absolute Gasteiger partial charge is 0.311 e. The summed E-state index contributed by atoms with van der Waals surface area (Å²) in [6.45, 7) is 2.06. The highest BCUT2D eigenvalue weighted by molar-refractivity contribution is 7.99. The van der Waals surface area contributed by atoms with Crippen LogP contribution in [0.2, 0.25) is 0 Å². The van der Waals surface area contributed by atoms with Gasteiger partial charge in [0.05, 0.1) is 29.9 Å². The van der Waals surface area contributed by atoms with E-state index < -0.39 is 0 Å². The highest BCUT2D eigenvalue weighted by atomic mass is 32.2. The third-order valence-electron chi connectivity index (χ3n) is 4.57. The molecule has 3 aromatic heterocycles. The van der Waals surface area contributed by atoms with Crippen LogP contribution in [0.25, 0.3) is 10.2 Å². The van der Waals surface area contributed by atoms with Gasteiger partial charge >= 0.3 is 5.97 Å². The van der Waals surface area contributed by atoms with Crippen molar-refractivity contribution < 1.29 is 14.3 Å². The van der Waals surface area contributed by atoms with Gasteiger partial charge in [-0.1, -0.05) is 11.8 Å². The number of nitrogens with zero attached hydrogens (tertiary/aromatic N) is 2. The summed E-state index contributed by atoms with van der Waals surface area (Å²) in [4.78, 5) is 49.9. The first-order chi connectivity index (χ1) is 14.5. The number of carbonyl (C=O) groups excluding carboxylic acids is 2. The lowest BCUT2D eigenvalue weighted by atomic mass is 9.97. The second-order valence-corrected chi connectivity index (χ2v) is 9.63. The summed E-state index contributed by atoms with van der Waals surface area (Å²) in [6.07, 6.45) is 4.27. The SMILES string of the molecule is CCOC(=O)Cc1csc(NC(=O)CSc2nc3sc4c(c3c(=O)[nH]2)CCCC4)n1. The number of aryl methyl sites for hydroxylation is 2. The van der Waals surface area contributed by atoms with Crippen molar-refractivity contribution in [2.45, 2.75) is 44.2 Å². The van der Waals surface area contributed by atoms with Gasteiger partial charge in [-0.15, -0.1) is 22.7 Å². The lowest BCUT2D eigenvalue weighted by Gasteiger charge is -2.09. The van der Waals surface area contributed by atoms with Crippen LogP contribution < -0.4 is 10.9 Å². The molecule has 158 valence electrons. The van der Waals surface area contributed by atoms with Crippen molar-refractivity contribution in [3.8, 4) is 0 Å². The number of fused-ring (bicyclic) bond motifs is 3. The lowest BCUT2D eigenvalue weighted by molar-refractivity contribution is -0.142. The van der Waals surface area contributed by atoms with E-state index in [9.17, 15) is 14.4 Å². The Morgan fingerprint density at radius 1 is 1.30 bits per heavy atom. The third-order valence-corrected chi connectivity index (χ3v) is 7.44. The van der Waals surface area contributed by atoms with Crippen LogP contribution >= 0.6 is 34.4 Å². The topological polar surface area (TPSA) is 114 Å². The zero-order valence-electron chi connectivity index (χ0n) is 16.3. The van der Waals surface area contributed by atoms with Crippen molar-refractivity contribution in [3.63, 3.8) is 0 Å². The summed E-state index contributed by atoms with van der Waals surface area (Å²) in [6, 6.07) is 0.